The summed E-state index contributed by atoms with van der Waals surface area (Å²) >= 11 is 0. The zero-order valence-electron chi connectivity index (χ0n) is 17.7. The van der Waals surface area contributed by atoms with Gasteiger partial charge in [-0.1, -0.05) is 128 Å². The van der Waals surface area contributed by atoms with Crippen molar-refractivity contribution in [1.29, 1.82) is 0 Å². The van der Waals surface area contributed by atoms with Crippen molar-refractivity contribution < 1.29 is 0 Å². The van der Waals surface area contributed by atoms with Crippen LogP contribution in [0.4, 0.5) is 0 Å². The summed E-state index contributed by atoms with van der Waals surface area (Å²) in [5.41, 5.74) is 0. The molecule has 0 unspecified atom stereocenters. The second kappa shape index (κ2) is 23.5. The van der Waals surface area contributed by atoms with Gasteiger partial charge in [-0.15, -0.1) is 0 Å². The van der Waals surface area contributed by atoms with Crippen molar-refractivity contribution in [2.24, 2.45) is 0 Å². The maximum atomic E-state index is 2.40. The van der Waals surface area contributed by atoms with Gasteiger partial charge in [0, 0.05) is 0 Å². The van der Waals surface area contributed by atoms with Crippen LogP contribution in [0.15, 0.2) is 24.3 Å². The minimum atomic E-state index is 1.22. The molecule has 0 aliphatic heterocycles. The van der Waals surface area contributed by atoms with Gasteiger partial charge in [-0.2, -0.15) is 0 Å². The highest BCUT2D eigenvalue weighted by Gasteiger charge is 1.93. The van der Waals surface area contributed by atoms with Crippen LogP contribution in [-0.2, 0) is 0 Å². The zero-order chi connectivity index (χ0) is 18.3. The van der Waals surface area contributed by atoms with Crippen molar-refractivity contribution in [2.75, 3.05) is 0 Å². The Balaban J connectivity index is 3.08. The van der Waals surface area contributed by atoms with Crippen LogP contribution in [-0.4, -0.2) is 0 Å². The molecule has 148 valence electrons. The van der Waals surface area contributed by atoms with Gasteiger partial charge in [0.1, 0.15) is 0 Å². The highest BCUT2D eigenvalue weighted by Crippen LogP contribution is 2.13. The Morgan fingerprint density at radius 3 is 1.08 bits per heavy atom. The van der Waals surface area contributed by atoms with Gasteiger partial charge < -0.3 is 0 Å². The van der Waals surface area contributed by atoms with E-state index in [1.54, 1.807) is 0 Å². The summed E-state index contributed by atoms with van der Waals surface area (Å²) in [4.78, 5) is 0. The molecule has 0 nitrogen and oxygen atoms in total. The number of unbranched alkanes of at least 4 members (excludes halogenated alkanes) is 16. The normalized spacial score (nSPS) is 11.9. The highest BCUT2D eigenvalue weighted by molar-refractivity contribution is 4.87. The number of hydrogen-bond donors (Lipinski definition) is 0. The number of rotatable bonds is 20. The van der Waals surface area contributed by atoms with Crippen molar-refractivity contribution in [3.05, 3.63) is 24.3 Å². The molecule has 0 saturated heterocycles. The lowest BCUT2D eigenvalue weighted by molar-refractivity contribution is 0.540. The Morgan fingerprint density at radius 1 is 0.320 bits per heavy atom. The largest absolute Gasteiger partial charge is 0.0885 e. The third-order valence-corrected chi connectivity index (χ3v) is 5.03. The first-order valence-electron chi connectivity index (χ1n) is 11.7. The number of allylic oxidation sites excluding steroid dienone is 4. The van der Waals surface area contributed by atoms with E-state index in [0.29, 0.717) is 0 Å². The van der Waals surface area contributed by atoms with Gasteiger partial charge in [0.2, 0.25) is 0 Å². The average molecular weight is 349 g/mol. The fourth-order valence-electron chi connectivity index (χ4n) is 3.27. The summed E-state index contributed by atoms with van der Waals surface area (Å²) < 4.78 is 0. The van der Waals surface area contributed by atoms with E-state index in [-0.39, 0.29) is 0 Å². The topological polar surface area (TPSA) is 0 Å². The van der Waals surface area contributed by atoms with E-state index in [1.165, 1.54) is 122 Å². The molecule has 0 atom stereocenters. The summed E-state index contributed by atoms with van der Waals surface area (Å²) in [5, 5.41) is 0. The lowest BCUT2D eigenvalue weighted by atomic mass is 10.0. The van der Waals surface area contributed by atoms with E-state index in [0.717, 1.165) is 0 Å². The predicted molar refractivity (Wildman–Crippen MR) is 117 cm³/mol. The zero-order valence-corrected chi connectivity index (χ0v) is 17.7. The Bertz CT molecular complexity index is 274. The quantitative estimate of drug-likeness (QED) is 0.152. The fourth-order valence-corrected chi connectivity index (χ4v) is 3.27. The molecule has 0 amide bonds. The van der Waals surface area contributed by atoms with Crippen LogP contribution >= 0.6 is 0 Å². The summed E-state index contributed by atoms with van der Waals surface area (Å²) in [5.74, 6) is 0. The van der Waals surface area contributed by atoms with Gasteiger partial charge >= 0.3 is 0 Å². The molecule has 0 aliphatic rings. The molecule has 0 spiro atoms. The van der Waals surface area contributed by atoms with Crippen molar-refractivity contribution in [3.8, 4) is 0 Å². The molecule has 25 heavy (non-hydrogen) atoms. The van der Waals surface area contributed by atoms with Crippen LogP contribution in [0.5, 0.6) is 0 Å². The van der Waals surface area contributed by atoms with E-state index >= 15 is 0 Å². The van der Waals surface area contributed by atoms with Crippen LogP contribution in [0, 0.1) is 0 Å². The lowest BCUT2D eigenvalue weighted by Gasteiger charge is -2.02. The second-order valence-corrected chi connectivity index (χ2v) is 7.69. The van der Waals surface area contributed by atoms with Crippen molar-refractivity contribution in [2.45, 2.75) is 136 Å². The van der Waals surface area contributed by atoms with Crippen LogP contribution in [0.3, 0.4) is 0 Å². The molecule has 0 aromatic heterocycles. The minimum Gasteiger partial charge on any atom is -0.0885 e. The molecule has 0 rings (SSSR count). The van der Waals surface area contributed by atoms with Crippen molar-refractivity contribution in [3.63, 3.8) is 0 Å². The maximum Gasteiger partial charge on any atom is -0.0316 e. The van der Waals surface area contributed by atoms with Gasteiger partial charge in [-0.3, -0.25) is 0 Å². The van der Waals surface area contributed by atoms with E-state index in [9.17, 15) is 0 Å². The maximum absolute atomic E-state index is 2.40. The molecule has 0 aliphatic carbocycles. The highest BCUT2D eigenvalue weighted by atomic mass is 14.0. The molecule has 0 bridgehead atoms. The predicted octanol–water partition coefficient (Wildman–Crippen LogP) is 9.55. The molecule has 0 radical (unpaired) electrons. The van der Waals surface area contributed by atoms with Gasteiger partial charge in [0.25, 0.3) is 0 Å². The lowest BCUT2D eigenvalue weighted by Crippen LogP contribution is -1.82. The molecule has 0 fully saturated rings. The Kier molecular flexibility index (Phi) is 23.0. The third-order valence-electron chi connectivity index (χ3n) is 5.03. The molecule has 0 aromatic carbocycles. The van der Waals surface area contributed by atoms with Gasteiger partial charge in [0.15, 0.2) is 0 Å². The van der Waals surface area contributed by atoms with Gasteiger partial charge in [0.05, 0.1) is 0 Å². The smallest absolute Gasteiger partial charge is 0.0316 e. The monoisotopic (exact) mass is 348 g/mol. The van der Waals surface area contributed by atoms with E-state index in [2.05, 4.69) is 38.2 Å². The molecule has 0 aromatic rings. The standard InChI is InChI=1S/C25H48/c1-3-5-7-9-11-13-15-17-19-21-23-25-24-22-20-18-16-14-12-10-8-6-4-2/h9,11,17,19H,3-8,10,12-16,18,20-25H2,1-2H3/b11-9+,19-17+. The summed E-state index contributed by atoms with van der Waals surface area (Å²) in [6.07, 6.45) is 35.9. The average Bonchev–Trinajstić information content (AvgIpc) is 2.63. The molecule has 0 heterocycles. The number of hydrogen-bond acceptors (Lipinski definition) is 0. The van der Waals surface area contributed by atoms with E-state index < -0.39 is 0 Å². The van der Waals surface area contributed by atoms with Crippen molar-refractivity contribution in [1.82, 2.24) is 0 Å². The molecule has 0 saturated carbocycles. The Labute approximate surface area is 160 Å². The fraction of sp³-hybridized carbons (Fsp3) is 0.840. The molecule has 0 heteroatoms. The van der Waals surface area contributed by atoms with Crippen LogP contribution < -0.4 is 0 Å². The first-order valence-corrected chi connectivity index (χ1v) is 11.7. The Hall–Kier alpha value is -0.520. The van der Waals surface area contributed by atoms with E-state index in [1.807, 2.05) is 0 Å². The first-order chi connectivity index (χ1) is 12.4. The summed E-state index contributed by atoms with van der Waals surface area (Å²) in [6, 6.07) is 0. The van der Waals surface area contributed by atoms with Gasteiger partial charge in [-0.05, 0) is 32.1 Å². The summed E-state index contributed by atoms with van der Waals surface area (Å²) in [7, 11) is 0. The first kappa shape index (κ1) is 24.5. The van der Waals surface area contributed by atoms with Gasteiger partial charge in [-0.25, -0.2) is 0 Å². The molecular weight excluding hydrogens is 300 g/mol. The van der Waals surface area contributed by atoms with Crippen LogP contribution in [0.1, 0.15) is 136 Å². The molecular formula is C25H48. The van der Waals surface area contributed by atoms with E-state index in [4.69, 9.17) is 0 Å². The Morgan fingerprint density at radius 2 is 0.640 bits per heavy atom. The van der Waals surface area contributed by atoms with Crippen LogP contribution in [0.25, 0.3) is 0 Å². The van der Waals surface area contributed by atoms with Crippen molar-refractivity contribution >= 4 is 0 Å². The molecule has 0 N–H and O–H groups in total. The third kappa shape index (κ3) is 23.5. The summed E-state index contributed by atoms with van der Waals surface area (Å²) in [6.45, 7) is 4.55. The SMILES string of the molecule is CCCC/C=C/CC/C=C/CCCCCCCCCCCCCCC. The minimum absolute atomic E-state index is 1.22. The van der Waals surface area contributed by atoms with Crippen LogP contribution in [0.2, 0.25) is 0 Å². The second-order valence-electron chi connectivity index (χ2n) is 7.69.